The zero-order valence-electron chi connectivity index (χ0n) is 11.1. The zero-order chi connectivity index (χ0) is 15.0. The van der Waals surface area contributed by atoms with Crippen LogP contribution in [0.5, 0.6) is 0 Å². The van der Waals surface area contributed by atoms with Crippen LogP contribution in [-0.4, -0.2) is 20.2 Å². The Kier molecular flexibility index (Phi) is 3.09. The third kappa shape index (κ3) is 2.22. The van der Waals surface area contributed by atoms with E-state index >= 15 is 0 Å². The molecule has 0 aliphatic rings. The Bertz CT molecular complexity index is 813. The number of nitrogen functional groups attached to an aromatic ring is 1. The molecule has 0 saturated carbocycles. The lowest BCUT2D eigenvalue weighted by Crippen LogP contribution is -2.04. The molecule has 0 bridgehead atoms. The minimum Gasteiger partial charge on any atom is -0.396 e. The van der Waals surface area contributed by atoms with E-state index in [1.807, 2.05) is 25.1 Å². The summed E-state index contributed by atoms with van der Waals surface area (Å²) >= 11 is 0. The first-order valence-electron chi connectivity index (χ1n) is 6.17. The van der Waals surface area contributed by atoms with Gasteiger partial charge in [0, 0.05) is 6.07 Å². The standard InChI is InChI=1S/C14H11F2N5/c1-8-4-2-3-5-13(8)21-14(18-19-20-21)9-6-12(17)11(16)7-10(9)15/h2-7H,17H2,1H3. The van der Waals surface area contributed by atoms with E-state index in [1.165, 1.54) is 10.7 Å². The first-order valence-corrected chi connectivity index (χ1v) is 6.17. The number of para-hydroxylation sites is 1. The van der Waals surface area contributed by atoms with Gasteiger partial charge in [-0.15, -0.1) is 5.10 Å². The molecule has 2 N–H and O–H groups in total. The average Bonchev–Trinajstić information content (AvgIpc) is 2.92. The second kappa shape index (κ2) is 4.93. The van der Waals surface area contributed by atoms with Crippen molar-refractivity contribution in [1.29, 1.82) is 0 Å². The van der Waals surface area contributed by atoms with Gasteiger partial charge in [0.15, 0.2) is 5.82 Å². The van der Waals surface area contributed by atoms with E-state index in [9.17, 15) is 8.78 Å². The molecule has 0 fully saturated rings. The van der Waals surface area contributed by atoms with Crippen LogP contribution < -0.4 is 5.73 Å². The number of hydrogen-bond donors (Lipinski definition) is 1. The second-order valence-electron chi connectivity index (χ2n) is 4.55. The van der Waals surface area contributed by atoms with Crippen LogP contribution in [0.25, 0.3) is 17.1 Å². The molecule has 5 nitrogen and oxygen atoms in total. The molecule has 1 aromatic heterocycles. The van der Waals surface area contributed by atoms with Crippen molar-refractivity contribution in [3.63, 3.8) is 0 Å². The largest absolute Gasteiger partial charge is 0.396 e. The van der Waals surface area contributed by atoms with E-state index in [0.717, 1.165) is 11.6 Å². The number of rotatable bonds is 2. The zero-order valence-corrected chi connectivity index (χ0v) is 11.1. The summed E-state index contributed by atoms with van der Waals surface area (Å²) in [5.74, 6) is -1.42. The maximum atomic E-state index is 14.0. The summed E-state index contributed by atoms with van der Waals surface area (Å²) in [6.45, 7) is 1.89. The van der Waals surface area contributed by atoms with Gasteiger partial charge < -0.3 is 5.73 Å². The molecule has 0 atom stereocenters. The fraction of sp³-hybridized carbons (Fsp3) is 0.0714. The highest BCUT2D eigenvalue weighted by atomic mass is 19.1. The van der Waals surface area contributed by atoms with Crippen molar-refractivity contribution in [3.05, 3.63) is 53.6 Å². The molecule has 2 aromatic carbocycles. The van der Waals surface area contributed by atoms with Crippen LogP contribution in [-0.2, 0) is 0 Å². The highest BCUT2D eigenvalue weighted by molar-refractivity contribution is 5.64. The van der Waals surface area contributed by atoms with Crippen molar-refractivity contribution in [1.82, 2.24) is 20.2 Å². The number of nitrogens with zero attached hydrogens (tertiary/aromatic N) is 4. The fourth-order valence-electron chi connectivity index (χ4n) is 2.06. The number of benzene rings is 2. The van der Waals surface area contributed by atoms with Gasteiger partial charge >= 0.3 is 0 Å². The molecule has 21 heavy (non-hydrogen) atoms. The van der Waals surface area contributed by atoms with Gasteiger partial charge in [-0.3, -0.25) is 0 Å². The summed E-state index contributed by atoms with van der Waals surface area (Å²) in [4.78, 5) is 0. The Morgan fingerprint density at radius 3 is 2.62 bits per heavy atom. The molecular weight excluding hydrogens is 276 g/mol. The van der Waals surface area contributed by atoms with E-state index in [4.69, 9.17) is 5.73 Å². The van der Waals surface area contributed by atoms with E-state index in [0.29, 0.717) is 5.69 Å². The van der Waals surface area contributed by atoms with Gasteiger partial charge in [0.25, 0.3) is 0 Å². The number of aryl methyl sites for hydroxylation is 1. The van der Waals surface area contributed by atoms with Crippen LogP contribution in [0.2, 0.25) is 0 Å². The number of anilines is 1. The van der Waals surface area contributed by atoms with E-state index in [-0.39, 0.29) is 17.1 Å². The van der Waals surface area contributed by atoms with Gasteiger partial charge in [-0.1, -0.05) is 18.2 Å². The van der Waals surface area contributed by atoms with Crippen LogP contribution in [0.15, 0.2) is 36.4 Å². The predicted octanol–water partition coefficient (Wildman–Crippen LogP) is 2.50. The Morgan fingerprint density at radius 1 is 1.10 bits per heavy atom. The number of tetrazole rings is 1. The van der Waals surface area contributed by atoms with Crippen molar-refractivity contribution < 1.29 is 8.78 Å². The van der Waals surface area contributed by atoms with Crippen molar-refractivity contribution >= 4 is 5.69 Å². The minimum absolute atomic E-state index is 0.0437. The summed E-state index contributed by atoms with van der Waals surface area (Å²) in [6.07, 6.45) is 0. The Morgan fingerprint density at radius 2 is 1.86 bits per heavy atom. The monoisotopic (exact) mass is 287 g/mol. The third-order valence-corrected chi connectivity index (χ3v) is 3.14. The first-order chi connectivity index (χ1) is 10.1. The predicted molar refractivity (Wildman–Crippen MR) is 73.7 cm³/mol. The van der Waals surface area contributed by atoms with Crippen molar-refractivity contribution in [2.45, 2.75) is 6.92 Å². The van der Waals surface area contributed by atoms with Crippen LogP contribution in [0.1, 0.15) is 5.56 Å². The molecule has 0 aliphatic carbocycles. The van der Waals surface area contributed by atoms with Crippen molar-refractivity contribution in [3.8, 4) is 17.1 Å². The molecule has 0 radical (unpaired) electrons. The molecule has 0 amide bonds. The highest BCUT2D eigenvalue weighted by Gasteiger charge is 2.18. The SMILES string of the molecule is Cc1ccccc1-n1nnnc1-c1cc(N)c(F)cc1F. The molecular formula is C14H11F2N5. The summed E-state index contributed by atoms with van der Waals surface area (Å²) < 4.78 is 28.6. The molecule has 3 rings (SSSR count). The molecule has 3 aromatic rings. The van der Waals surface area contributed by atoms with Gasteiger partial charge in [-0.2, -0.15) is 4.68 Å². The van der Waals surface area contributed by atoms with E-state index in [2.05, 4.69) is 15.5 Å². The molecule has 0 aliphatic heterocycles. The van der Waals surface area contributed by atoms with Crippen LogP contribution in [0.3, 0.4) is 0 Å². The molecule has 1 heterocycles. The van der Waals surface area contributed by atoms with Gasteiger partial charge in [0.2, 0.25) is 0 Å². The lowest BCUT2D eigenvalue weighted by molar-refractivity contribution is 0.587. The third-order valence-electron chi connectivity index (χ3n) is 3.14. The maximum absolute atomic E-state index is 14.0. The Labute approximate surface area is 119 Å². The van der Waals surface area contributed by atoms with Gasteiger partial charge in [-0.05, 0) is 35.0 Å². The maximum Gasteiger partial charge on any atom is 0.190 e. The van der Waals surface area contributed by atoms with Crippen molar-refractivity contribution in [2.75, 3.05) is 5.73 Å². The number of nitrogens with two attached hydrogens (primary N) is 1. The minimum atomic E-state index is -0.814. The summed E-state index contributed by atoms with van der Waals surface area (Å²) in [5.41, 5.74) is 7.00. The smallest absolute Gasteiger partial charge is 0.190 e. The highest BCUT2D eigenvalue weighted by Crippen LogP contribution is 2.27. The van der Waals surface area contributed by atoms with Crippen LogP contribution >= 0.6 is 0 Å². The second-order valence-corrected chi connectivity index (χ2v) is 4.55. The normalized spacial score (nSPS) is 10.8. The first kappa shape index (κ1) is 13.2. The number of halogens is 2. The molecule has 0 spiro atoms. The van der Waals surface area contributed by atoms with Gasteiger partial charge in [0.1, 0.15) is 11.6 Å². The van der Waals surface area contributed by atoms with Crippen molar-refractivity contribution in [2.24, 2.45) is 0 Å². The Hall–Kier alpha value is -2.83. The summed E-state index contributed by atoms with van der Waals surface area (Å²) in [6, 6.07) is 9.30. The Balaban J connectivity index is 2.21. The number of aromatic nitrogens is 4. The molecule has 0 saturated heterocycles. The summed E-state index contributed by atoms with van der Waals surface area (Å²) in [7, 11) is 0. The summed E-state index contributed by atoms with van der Waals surface area (Å²) in [5, 5.41) is 11.3. The van der Waals surface area contributed by atoms with Gasteiger partial charge in [0.05, 0.1) is 16.9 Å². The molecule has 7 heteroatoms. The topological polar surface area (TPSA) is 69.6 Å². The molecule has 106 valence electrons. The lowest BCUT2D eigenvalue weighted by atomic mass is 10.1. The van der Waals surface area contributed by atoms with Crippen LogP contribution in [0, 0.1) is 18.6 Å². The van der Waals surface area contributed by atoms with Gasteiger partial charge in [-0.25, -0.2) is 8.78 Å². The van der Waals surface area contributed by atoms with Crippen LogP contribution in [0.4, 0.5) is 14.5 Å². The van der Waals surface area contributed by atoms with E-state index in [1.54, 1.807) is 6.07 Å². The van der Waals surface area contributed by atoms with E-state index < -0.39 is 11.6 Å². The quantitative estimate of drug-likeness (QED) is 0.735. The average molecular weight is 287 g/mol. The lowest BCUT2D eigenvalue weighted by Gasteiger charge is -2.09. The fourth-order valence-corrected chi connectivity index (χ4v) is 2.06. The molecule has 0 unspecified atom stereocenters. The number of hydrogen-bond acceptors (Lipinski definition) is 4.